The smallest absolute Gasteiger partial charge is 0.249 e. The number of nitrogens with zero attached hydrogens (tertiary/aromatic N) is 3. The summed E-state index contributed by atoms with van der Waals surface area (Å²) >= 11 is 0. The van der Waals surface area contributed by atoms with Crippen molar-refractivity contribution in [3.63, 3.8) is 0 Å². The molecule has 8 heteroatoms. The number of anilines is 1. The third-order valence-electron chi connectivity index (χ3n) is 4.92. The van der Waals surface area contributed by atoms with Crippen LogP contribution in [0.3, 0.4) is 0 Å². The molecule has 2 aromatic carbocycles. The lowest BCUT2D eigenvalue weighted by Crippen LogP contribution is -2.12. The number of nitrogens with two attached hydrogens (primary N) is 2. The Morgan fingerprint density at radius 3 is 2.73 bits per heavy atom. The van der Waals surface area contributed by atoms with Gasteiger partial charge in [0.25, 0.3) is 0 Å². The van der Waals surface area contributed by atoms with E-state index in [1.165, 1.54) is 12.1 Å². The standard InChI is InChI=1S/C22H21FN6O/c1-13-8-18-17(20(25)30)6-3-7-19(18)29(13)22-27-12-15(10-24)21(28-22)26-11-14-4-2-5-16(23)9-14/h2-9,12H,10-11,24H2,1H3,(H2,25,30)(H,26,27,28). The van der Waals surface area contributed by atoms with Crippen molar-refractivity contribution in [2.75, 3.05) is 5.32 Å². The Morgan fingerprint density at radius 2 is 2.00 bits per heavy atom. The van der Waals surface area contributed by atoms with Crippen LogP contribution in [0.15, 0.2) is 54.7 Å². The second-order valence-corrected chi connectivity index (χ2v) is 6.96. The Kier molecular flexibility index (Phi) is 5.16. The molecule has 0 saturated heterocycles. The van der Waals surface area contributed by atoms with E-state index in [2.05, 4.69) is 15.3 Å². The molecule has 152 valence electrons. The predicted octanol–water partition coefficient (Wildman–Crippen LogP) is 3.04. The summed E-state index contributed by atoms with van der Waals surface area (Å²) in [5.74, 6) is 0.216. The number of nitrogens with one attached hydrogen (secondary N) is 1. The average molecular weight is 404 g/mol. The molecule has 0 saturated carbocycles. The second kappa shape index (κ2) is 7.92. The van der Waals surface area contributed by atoms with Gasteiger partial charge in [-0.15, -0.1) is 0 Å². The summed E-state index contributed by atoms with van der Waals surface area (Å²) in [6, 6.07) is 13.6. The molecule has 4 rings (SSSR count). The van der Waals surface area contributed by atoms with Crippen LogP contribution < -0.4 is 16.8 Å². The van der Waals surface area contributed by atoms with Crippen LogP contribution in [0.1, 0.15) is 27.2 Å². The number of aryl methyl sites for hydroxylation is 1. The van der Waals surface area contributed by atoms with E-state index in [0.29, 0.717) is 23.9 Å². The third kappa shape index (κ3) is 3.60. The van der Waals surface area contributed by atoms with Crippen molar-refractivity contribution >= 4 is 22.6 Å². The quantitative estimate of drug-likeness (QED) is 0.457. The minimum absolute atomic E-state index is 0.253. The second-order valence-electron chi connectivity index (χ2n) is 6.96. The van der Waals surface area contributed by atoms with Crippen molar-refractivity contribution in [3.8, 4) is 5.95 Å². The predicted molar refractivity (Wildman–Crippen MR) is 114 cm³/mol. The number of benzene rings is 2. The molecule has 4 aromatic rings. The van der Waals surface area contributed by atoms with E-state index in [1.54, 1.807) is 24.4 Å². The number of carbonyl (C=O) groups is 1. The van der Waals surface area contributed by atoms with E-state index in [-0.39, 0.29) is 12.4 Å². The molecule has 1 amide bonds. The number of fused-ring (bicyclic) bond motifs is 1. The Labute approximate surface area is 172 Å². The van der Waals surface area contributed by atoms with E-state index in [9.17, 15) is 9.18 Å². The van der Waals surface area contributed by atoms with Gasteiger partial charge < -0.3 is 16.8 Å². The molecule has 30 heavy (non-hydrogen) atoms. The fourth-order valence-corrected chi connectivity index (χ4v) is 3.48. The summed E-state index contributed by atoms with van der Waals surface area (Å²) in [5.41, 5.74) is 15.0. The highest BCUT2D eigenvalue weighted by molar-refractivity contribution is 6.06. The number of aromatic nitrogens is 3. The first kappa shape index (κ1) is 19.5. The summed E-state index contributed by atoms with van der Waals surface area (Å²) < 4.78 is 15.3. The van der Waals surface area contributed by atoms with Gasteiger partial charge in [0.15, 0.2) is 0 Å². The van der Waals surface area contributed by atoms with Gasteiger partial charge in [0.05, 0.1) is 5.52 Å². The van der Waals surface area contributed by atoms with Crippen LogP contribution in [0, 0.1) is 12.7 Å². The first-order valence-corrected chi connectivity index (χ1v) is 9.43. The molecule has 0 spiro atoms. The number of rotatable bonds is 6. The Balaban J connectivity index is 1.75. The number of halogens is 1. The zero-order chi connectivity index (χ0) is 21.3. The van der Waals surface area contributed by atoms with Crippen molar-refractivity contribution in [2.24, 2.45) is 11.5 Å². The largest absolute Gasteiger partial charge is 0.366 e. The summed E-state index contributed by atoms with van der Waals surface area (Å²) in [5, 5.41) is 3.96. The number of amides is 1. The summed E-state index contributed by atoms with van der Waals surface area (Å²) in [6.45, 7) is 2.55. The van der Waals surface area contributed by atoms with Crippen molar-refractivity contribution < 1.29 is 9.18 Å². The van der Waals surface area contributed by atoms with Crippen LogP contribution in [-0.4, -0.2) is 20.4 Å². The number of primary amides is 1. The molecule has 0 aliphatic carbocycles. The molecule has 7 nitrogen and oxygen atoms in total. The Hall–Kier alpha value is -3.78. The fraction of sp³-hybridized carbons (Fsp3) is 0.136. The molecule has 2 aromatic heterocycles. The van der Waals surface area contributed by atoms with Crippen molar-refractivity contribution in [3.05, 3.63) is 82.9 Å². The lowest BCUT2D eigenvalue weighted by molar-refractivity contribution is 0.100. The third-order valence-corrected chi connectivity index (χ3v) is 4.92. The van der Waals surface area contributed by atoms with Crippen molar-refractivity contribution in [1.29, 1.82) is 0 Å². The summed E-state index contributed by atoms with van der Waals surface area (Å²) in [7, 11) is 0. The monoisotopic (exact) mass is 404 g/mol. The van der Waals surface area contributed by atoms with Gasteiger partial charge in [-0.3, -0.25) is 9.36 Å². The molecule has 2 heterocycles. The highest BCUT2D eigenvalue weighted by Crippen LogP contribution is 2.26. The van der Waals surface area contributed by atoms with Crippen LogP contribution in [-0.2, 0) is 13.1 Å². The highest BCUT2D eigenvalue weighted by atomic mass is 19.1. The maximum atomic E-state index is 13.5. The van der Waals surface area contributed by atoms with E-state index < -0.39 is 5.91 Å². The molecule has 0 aliphatic rings. The van der Waals surface area contributed by atoms with Gasteiger partial charge in [-0.05, 0) is 42.8 Å². The normalized spacial score (nSPS) is 11.0. The Bertz CT molecular complexity index is 1250. The molecule has 5 N–H and O–H groups in total. The van der Waals surface area contributed by atoms with Crippen LogP contribution in [0.2, 0.25) is 0 Å². The van der Waals surface area contributed by atoms with Gasteiger partial charge in [-0.25, -0.2) is 9.37 Å². The SMILES string of the molecule is Cc1cc2c(C(N)=O)cccc2n1-c1ncc(CN)c(NCc2cccc(F)c2)n1. The average Bonchev–Trinajstić information content (AvgIpc) is 3.07. The van der Waals surface area contributed by atoms with Crippen LogP contribution >= 0.6 is 0 Å². The number of hydrogen-bond donors (Lipinski definition) is 3. The van der Waals surface area contributed by atoms with E-state index >= 15 is 0 Å². The van der Waals surface area contributed by atoms with Gasteiger partial charge in [-0.2, -0.15) is 4.98 Å². The molecule has 0 unspecified atom stereocenters. The van der Waals surface area contributed by atoms with Crippen molar-refractivity contribution in [1.82, 2.24) is 14.5 Å². The maximum absolute atomic E-state index is 13.5. The fourth-order valence-electron chi connectivity index (χ4n) is 3.48. The minimum atomic E-state index is -0.491. The first-order valence-electron chi connectivity index (χ1n) is 9.43. The molecule has 0 fully saturated rings. The van der Waals surface area contributed by atoms with E-state index in [1.807, 2.05) is 29.7 Å². The zero-order valence-corrected chi connectivity index (χ0v) is 16.4. The lowest BCUT2D eigenvalue weighted by atomic mass is 10.1. The molecule has 0 bridgehead atoms. The highest BCUT2D eigenvalue weighted by Gasteiger charge is 2.16. The number of carbonyl (C=O) groups excluding carboxylic acids is 1. The van der Waals surface area contributed by atoms with Crippen LogP contribution in [0.25, 0.3) is 16.9 Å². The molecule has 0 radical (unpaired) electrons. The summed E-state index contributed by atoms with van der Waals surface area (Å²) in [4.78, 5) is 20.9. The van der Waals surface area contributed by atoms with E-state index in [4.69, 9.17) is 11.5 Å². The van der Waals surface area contributed by atoms with Crippen molar-refractivity contribution in [2.45, 2.75) is 20.0 Å². The van der Waals surface area contributed by atoms with Gasteiger partial charge in [0.2, 0.25) is 11.9 Å². The number of hydrogen-bond acceptors (Lipinski definition) is 5. The van der Waals surface area contributed by atoms with Gasteiger partial charge >= 0.3 is 0 Å². The van der Waals surface area contributed by atoms with Gasteiger partial charge in [-0.1, -0.05) is 18.2 Å². The molecule has 0 aliphatic heterocycles. The van der Waals surface area contributed by atoms with Crippen LogP contribution in [0.4, 0.5) is 10.2 Å². The summed E-state index contributed by atoms with van der Waals surface area (Å²) in [6.07, 6.45) is 1.67. The van der Waals surface area contributed by atoms with Gasteiger partial charge in [0.1, 0.15) is 11.6 Å². The minimum Gasteiger partial charge on any atom is -0.366 e. The first-order chi connectivity index (χ1) is 14.5. The Morgan fingerprint density at radius 1 is 1.20 bits per heavy atom. The van der Waals surface area contributed by atoms with Crippen LogP contribution in [0.5, 0.6) is 0 Å². The van der Waals surface area contributed by atoms with E-state index in [0.717, 1.165) is 27.7 Å². The maximum Gasteiger partial charge on any atom is 0.249 e. The zero-order valence-electron chi connectivity index (χ0n) is 16.4. The molecule has 0 atom stereocenters. The van der Waals surface area contributed by atoms with Gasteiger partial charge in [0, 0.05) is 41.5 Å². The lowest BCUT2D eigenvalue weighted by Gasteiger charge is -2.13. The molecular formula is C22H21FN6O. The topological polar surface area (TPSA) is 112 Å². The molecular weight excluding hydrogens is 383 g/mol.